The smallest absolute Gasteiger partial charge is 0.324 e. The highest BCUT2D eigenvalue weighted by molar-refractivity contribution is 7.18. The van der Waals surface area contributed by atoms with Gasteiger partial charge in [-0.1, -0.05) is 18.2 Å². The first-order valence-corrected chi connectivity index (χ1v) is 9.69. The summed E-state index contributed by atoms with van der Waals surface area (Å²) in [6, 6.07) is 12.7. The topological polar surface area (TPSA) is 87.5 Å². The average molecular weight is 407 g/mol. The lowest BCUT2D eigenvalue weighted by Crippen LogP contribution is -2.33. The van der Waals surface area contributed by atoms with Gasteiger partial charge in [-0.25, -0.2) is 4.79 Å². The molecule has 4 N–H and O–H groups in total. The second kappa shape index (κ2) is 8.29. The SMILES string of the molecule is Cl.NC1CCC2CN(C(=O)c3ccc(NC(=O)Nc4ccccc4)s3)CC12. The number of nitrogens with one attached hydrogen (secondary N) is 2. The van der Waals surface area contributed by atoms with Crippen molar-refractivity contribution in [2.24, 2.45) is 17.6 Å². The number of carbonyl (C=O) groups is 2. The van der Waals surface area contributed by atoms with Crippen LogP contribution in [-0.2, 0) is 0 Å². The highest BCUT2D eigenvalue weighted by Gasteiger charge is 2.42. The van der Waals surface area contributed by atoms with Gasteiger partial charge in [-0.3, -0.25) is 10.1 Å². The Morgan fingerprint density at radius 1 is 1.04 bits per heavy atom. The van der Waals surface area contributed by atoms with Crippen molar-refractivity contribution < 1.29 is 9.59 Å². The molecule has 2 fully saturated rings. The molecular weight excluding hydrogens is 384 g/mol. The number of amides is 3. The van der Waals surface area contributed by atoms with E-state index >= 15 is 0 Å². The van der Waals surface area contributed by atoms with Gasteiger partial charge in [0.2, 0.25) is 0 Å². The minimum atomic E-state index is -0.321. The average Bonchev–Trinajstić information content (AvgIpc) is 3.33. The molecule has 1 aliphatic heterocycles. The third-order valence-corrected chi connectivity index (χ3v) is 6.27. The number of carbonyl (C=O) groups excluding carboxylic acids is 2. The maximum atomic E-state index is 12.7. The van der Waals surface area contributed by atoms with Crippen molar-refractivity contribution in [3.05, 3.63) is 47.3 Å². The van der Waals surface area contributed by atoms with Gasteiger partial charge >= 0.3 is 6.03 Å². The van der Waals surface area contributed by atoms with Gasteiger partial charge in [0.05, 0.1) is 9.88 Å². The number of fused-ring (bicyclic) bond motifs is 1. The first kappa shape index (κ1) is 19.7. The summed E-state index contributed by atoms with van der Waals surface area (Å²) in [5.74, 6) is 1.02. The van der Waals surface area contributed by atoms with E-state index in [0.717, 1.165) is 31.6 Å². The maximum absolute atomic E-state index is 12.7. The zero-order chi connectivity index (χ0) is 18.1. The Balaban J connectivity index is 0.00000210. The van der Waals surface area contributed by atoms with Crippen molar-refractivity contribution in [1.82, 2.24) is 4.90 Å². The number of benzene rings is 1. The minimum absolute atomic E-state index is 0. The molecule has 0 radical (unpaired) electrons. The quantitative estimate of drug-likeness (QED) is 0.727. The zero-order valence-electron chi connectivity index (χ0n) is 14.8. The van der Waals surface area contributed by atoms with Crippen LogP contribution in [-0.4, -0.2) is 36.0 Å². The number of likely N-dealkylation sites (tertiary alicyclic amines) is 1. The van der Waals surface area contributed by atoms with Gasteiger partial charge in [0.1, 0.15) is 0 Å². The summed E-state index contributed by atoms with van der Waals surface area (Å²) >= 11 is 1.30. The van der Waals surface area contributed by atoms with Crippen LogP contribution in [0.5, 0.6) is 0 Å². The summed E-state index contributed by atoms with van der Waals surface area (Å²) in [5, 5.41) is 6.19. The van der Waals surface area contributed by atoms with Gasteiger partial charge in [-0.05, 0) is 48.9 Å². The van der Waals surface area contributed by atoms with Gasteiger partial charge in [0.15, 0.2) is 0 Å². The van der Waals surface area contributed by atoms with Crippen LogP contribution >= 0.6 is 23.7 Å². The van der Waals surface area contributed by atoms with Gasteiger partial charge in [-0.15, -0.1) is 23.7 Å². The monoisotopic (exact) mass is 406 g/mol. The molecule has 3 amide bonds. The Bertz CT molecular complexity index is 813. The molecule has 3 unspecified atom stereocenters. The molecule has 3 atom stereocenters. The largest absolute Gasteiger partial charge is 0.337 e. The van der Waals surface area contributed by atoms with E-state index < -0.39 is 0 Å². The van der Waals surface area contributed by atoms with Crippen molar-refractivity contribution in [2.75, 3.05) is 23.7 Å². The fourth-order valence-corrected chi connectivity index (χ4v) is 4.81. The molecule has 2 aromatic rings. The van der Waals surface area contributed by atoms with Crippen LogP contribution in [0.4, 0.5) is 15.5 Å². The van der Waals surface area contributed by atoms with Crippen LogP contribution in [0.25, 0.3) is 0 Å². The van der Waals surface area contributed by atoms with Crippen LogP contribution in [0.1, 0.15) is 22.5 Å². The summed E-state index contributed by atoms with van der Waals surface area (Å²) in [4.78, 5) is 27.4. The fraction of sp³-hybridized carbons (Fsp3) is 0.368. The van der Waals surface area contributed by atoms with E-state index in [0.29, 0.717) is 21.7 Å². The predicted octanol–water partition coefficient (Wildman–Crippen LogP) is 3.62. The fourth-order valence-electron chi connectivity index (χ4n) is 3.94. The lowest BCUT2D eigenvalue weighted by atomic mass is 9.98. The normalized spacial score (nSPS) is 23.4. The van der Waals surface area contributed by atoms with Crippen molar-refractivity contribution >= 4 is 46.4 Å². The standard InChI is InChI=1S/C19H22N4O2S.ClH/c20-15-7-6-12-10-23(11-14(12)15)18(24)16-8-9-17(26-16)22-19(25)21-13-4-2-1-3-5-13;/h1-5,8-9,12,14-15H,6-7,10-11,20H2,(H2,21,22,25);1H. The number of thiophene rings is 1. The van der Waals surface area contributed by atoms with Crippen molar-refractivity contribution in [1.29, 1.82) is 0 Å². The van der Waals surface area contributed by atoms with Crippen LogP contribution < -0.4 is 16.4 Å². The first-order valence-electron chi connectivity index (χ1n) is 8.88. The molecule has 1 aromatic heterocycles. The summed E-state index contributed by atoms with van der Waals surface area (Å²) in [5.41, 5.74) is 6.87. The van der Waals surface area contributed by atoms with E-state index in [4.69, 9.17) is 5.73 Å². The predicted molar refractivity (Wildman–Crippen MR) is 111 cm³/mol. The van der Waals surface area contributed by atoms with E-state index in [1.165, 1.54) is 11.3 Å². The molecule has 2 aliphatic rings. The van der Waals surface area contributed by atoms with E-state index in [9.17, 15) is 9.59 Å². The van der Waals surface area contributed by atoms with Crippen LogP contribution in [0.2, 0.25) is 0 Å². The number of para-hydroxylation sites is 1. The Morgan fingerprint density at radius 3 is 2.56 bits per heavy atom. The second-order valence-corrected chi connectivity index (χ2v) is 8.07. The number of hydrogen-bond acceptors (Lipinski definition) is 4. The van der Waals surface area contributed by atoms with Gasteiger partial charge in [0, 0.05) is 24.8 Å². The van der Waals surface area contributed by atoms with Crippen LogP contribution in [0.15, 0.2) is 42.5 Å². The summed E-state index contributed by atoms with van der Waals surface area (Å²) in [7, 11) is 0. The third kappa shape index (κ3) is 4.26. The highest BCUT2D eigenvalue weighted by Crippen LogP contribution is 2.38. The van der Waals surface area contributed by atoms with E-state index in [1.807, 2.05) is 35.2 Å². The molecule has 8 heteroatoms. The molecule has 1 saturated heterocycles. The number of nitrogens with zero attached hydrogens (tertiary/aromatic N) is 1. The molecule has 1 saturated carbocycles. The molecule has 0 spiro atoms. The Kier molecular flexibility index (Phi) is 6.04. The number of nitrogens with two attached hydrogens (primary N) is 1. The van der Waals surface area contributed by atoms with Crippen molar-refractivity contribution in [3.8, 4) is 0 Å². The third-order valence-electron chi connectivity index (χ3n) is 5.28. The minimum Gasteiger partial charge on any atom is -0.337 e. The molecule has 6 nitrogen and oxygen atoms in total. The molecule has 1 aromatic carbocycles. The van der Waals surface area contributed by atoms with Crippen molar-refractivity contribution in [2.45, 2.75) is 18.9 Å². The number of hydrogen-bond donors (Lipinski definition) is 3. The van der Waals surface area contributed by atoms with E-state index in [1.54, 1.807) is 12.1 Å². The Morgan fingerprint density at radius 2 is 1.81 bits per heavy atom. The lowest BCUT2D eigenvalue weighted by molar-refractivity contribution is 0.0784. The van der Waals surface area contributed by atoms with Gasteiger partial charge in [-0.2, -0.15) is 0 Å². The molecule has 2 heterocycles. The summed E-state index contributed by atoms with van der Waals surface area (Å²) in [6.07, 6.45) is 2.19. The van der Waals surface area contributed by atoms with Crippen LogP contribution in [0.3, 0.4) is 0 Å². The molecule has 27 heavy (non-hydrogen) atoms. The summed E-state index contributed by atoms with van der Waals surface area (Å²) in [6.45, 7) is 1.55. The van der Waals surface area contributed by atoms with Gasteiger partial charge in [0.25, 0.3) is 5.91 Å². The Labute approximate surface area is 168 Å². The summed E-state index contributed by atoms with van der Waals surface area (Å²) < 4.78 is 0. The number of anilines is 2. The molecule has 1 aliphatic carbocycles. The number of rotatable bonds is 3. The number of urea groups is 1. The number of halogens is 1. The maximum Gasteiger partial charge on any atom is 0.324 e. The molecular formula is C19H23ClN4O2S. The first-order chi connectivity index (χ1) is 12.6. The van der Waals surface area contributed by atoms with E-state index in [2.05, 4.69) is 10.6 Å². The van der Waals surface area contributed by atoms with E-state index in [-0.39, 0.29) is 30.4 Å². The Hall–Kier alpha value is -2.09. The van der Waals surface area contributed by atoms with Gasteiger partial charge < -0.3 is 16.0 Å². The zero-order valence-corrected chi connectivity index (χ0v) is 16.4. The van der Waals surface area contributed by atoms with Crippen molar-refractivity contribution in [3.63, 3.8) is 0 Å². The molecule has 0 bridgehead atoms. The second-order valence-electron chi connectivity index (χ2n) is 6.98. The molecule has 144 valence electrons. The highest BCUT2D eigenvalue weighted by atomic mass is 35.5. The molecule has 4 rings (SSSR count). The van der Waals surface area contributed by atoms with Crippen LogP contribution in [0, 0.1) is 11.8 Å². The lowest BCUT2D eigenvalue weighted by Gasteiger charge is -2.17.